The van der Waals surface area contributed by atoms with Crippen LogP contribution >= 0.6 is 0 Å². The van der Waals surface area contributed by atoms with Crippen LogP contribution in [0.2, 0.25) is 0 Å². The van der Waals surface area contributed by atoms with Crippen molar-refractivity contribution in [3.63, 3.8) is 0 Å². The van der Waals surface area contributed by atoms with Gasteiger partial charge in [-0.1, -0.05) is 196 Å². The van der Waals surface area contributed by atoms with Crippen LogP contribution in [-0.2, 0) is 5.41 Å². The molecule has 2 aliphatic carbocycles. The normalized spacial score (nSPS) is 14.6. The Morgan fingerprint density at radius 2 is 1.05 bits per heavy atom. The number of benzene rings is 12. The first-order valence-corrected chi connectivity index (χ1v) is 31.8. The highest BCUT2D eigenvalue weighted by Gasteiger charge is 2.39. The zero-order chi connectivity index (χ0) is 60.8. The topological polar surface area (TPSA) is 55.3 Å². The van der Waals surface area contributed by atoms with Gasteiger partial charge in [0.2, 0.25) is 5.95 Å². The predicted molar refractivity (Wildman–Crippen MR) is 381 cm³/mol. The molecule has 5 heterocycles. The number of hydrogen-bond acceptors (Lipinski definition) is 5. The zero-order valence-corrected chi connectivity index (χ0v) is 50.7. The molecular weight excluding hydrogens is 1120 g/mol. The molecule has 1 unspecified atom stereocenters. The van der Waals surface area contributed by atoms with E-state index in [1.54, 1.807) is 0 Å². The minimum Gasteiger partial charge on any atom is -0.456 e. The zero-order valence-electron chi connectivity index (χ0n) is 50.7. The van der Waals surface area contributed by atoms with Crippen LogP contribution in [0.25, 0.3) is 127 Å². The van der Waals surface area contributed by atoms with Crippen LogP contribution in [-0.4, -0.2) is 25.1 Å². The number of nitrogens with zero attached hydrogens (tertiary/aromatic N) is 6. The van der Waals surface area contributed by atoms with Gasteiger partial charge < -0.3 is 18.8 Å². The quantitative estimate of drug-likeness (QED) is 0.144. The molecular formula is C85H58N6O. The second-order valence-electron chi connectivity index (χ2n) is 25.3. The maximum atomic E-state index is 6.28. The Bertz CT molecular complexity index is 5800. The summed E-state index contributed by atoms with van der Waals surface area (Å²) in [4.78, 5) is 16.4. The third-order valence-electron chi connectivity index (χ3n) is 19.8. The van der Waals surface area contributed by atoms with Crippen molar-refractivity contribution in [3.05, 3.63) is 314 Å². The number of para-hydroxylation sites is 5. The van der Waals surface area contributed by atoms with Crippen molar-refractivity contribution in [2.75, 3.05) is 9.80 Å². The summed E-state index contributed by atoms with van der Waals surface area (Å²) in [5.74, 6) is 1.46. The molecule has 0 fully saturated rings. The molecule has 0 N–H and O–H groups in total. The Kier molecular flexibility index (Phi) is 11.4. The highest BCUT2D eigenvalue weighted by Crippen LogP contribution is 2.53. The van der Waals surface area contributed by atoms with Crippen LogP contribution in [0.5, 0.6) is 0 Å². The molecule has 0 amide bonds. The van der Waals surface area contributed by atoms with E-state index in [0.29, 0.717) is 5.95 Å². The second-order valence-corrected chi connectivity index (χ2v) is 25.3. The van der Waals surface area contributed by atoms with Gasteiger partial charge in [-0.05, 0) is 166 Å². The summed E-state index contributed by atoms with van der Waals surface area (Å²) in [5.41, 5.74) is 25.5. The third kappa shape index (κ3) is 7.94. The van der Waals surface area contributed by atoms with E-state index in [0.717, 1.165) is 118 Å². The van der Waals surface area contributed by atoms with E-state index in [1.807, 2.05) is 12.1 Å². The van der Waals surface area contributed by atoms with Crippen LogP contribution in [0.15, 0.2) is 302 Å². The number of fused-ring (bicyclic) bond motifs is 15. The molecule has 7 heteroatoms. The first kappa shape index (κ1) is 52.2. The molecule has 4 aromatic heterocycles. The Labute approximate surface area is 532 Å². The molecule has 0 radical (unpaired) electrons. The lowest BCUT2D eigenvalue weighted by atomic mass is 9.82. The molecule has 3 aliphatic rings. The average Bonchev–Trinajstić information content (AvgIpc) is 1.56. The molecule has 16 aromatic rings. The molecule has 1 atom stereocenters. The molecule has 0 bridgehead atoms. The van der Waals surface area contributed by atoms with Crippen LogP contribution < -0.4 is 9.80 Å². The molecule has 12 aromatic carbocycles. The minimum atomic E-state index is -0.212. The van der Waals surface area contributed by atoms with E-state index in [-0.39, 0.29) is 11.5 Å². The van der Waals surface area contributed by atoms with Gasteiger partial charge in [-0.2, -0.15) is 4.98 Å². The smallest absolute Gasteiger partial charge is 0.237 e. The lowest BCUT2D eigenvalue weighted by Gasteiger charge is -2.28. The Morgan fingerprint density at radius 3 is 1.91 bits per heavy atom. The van der Waals surface area contributed by atoms with Gasteiger partial charge in [0.25, 0.3) is 0 Å². The van der Waals surface area contributed by atoms with Crippen molar-refractivity contribution < 1.29 is 4.42 Å². The molecule has 0 spiro atoms. The molecule has 92 heavy (non-hydrogen) atoms. The number of rotatable bonds is 9. The van der Waals surface area contributed by atoms with Crippen molar-refractivity contribution >= 4 is 99.7 Å². The van der Waals surface area contributed by atoms with Gasteiger partial charge in [0.15, 0.2) is 0 Å². The van der Waals surface area contributed by atoms with Crippen molar-refractivity contribution in [3.8, 4) is 56.3 Å². The summed E-state index contributed by atoms with van der Waals surface area (Å²) in [6.07, 6.45) is 7.64. The Balaban J connectivity index is 0.777. The SMILES string of the molecule is CC1(C)c2ccccc2-c2cc3c4ccccc4n(-c4nc(-c5cccc(-c6cccc(N(c7ccccc7)c7ccc8c9ccccc9n(-c9ccccc9)c8c7)c6)c5)cc(N5c6ccc(-c7ccc8oc9ccccc9c8c7)cc6C6=CC=CCC65)n4)c3cc21. The summed E-state index contributed by atoms with van der Waals surface area (Å²) >= 11 is 0. The predicted octanol–water partition coefficient (Wildman–Crippen LogP) is 22.2. The van der Waals surface area contributed by atoms with Crippen molar-refractivity contribution in [2.24, 2.45) is 0 Å². The van der Waals surface area contributed by atoms with Crippen LogP contribution in [0.3, 0.4) is 0 Å². The molecule has 0 saturated heterocycles. The molecule has 19 rings (SSSR count). The van der Waals surface area contributed by atoms with Gasteiger partial charge in [-0.25, -0.2) is 4.98 Å². The molecule has 434 valence electrons. The second kappa shape index (κ2) is 20.1. The first-order valence-electron chi connectivity index (χ1n) is 31.8. The Hall–Kier alpha value is -11.8. The minimum absolute atomic E-state index is 0.00547. The number of anilines is 5. The van der Waals surface area contributed by atoms with Crippen molar-refractivity contribution in [1.29, 1.82) is 0 Å². The summed E-state index contributed by atoms with van der Waals surface area (Å²) in [5, 5.41) is 7.02. The maximum absolute atomic E-state index is 6.28. The van der Waals surface area contributed by atoms with Crippen LogP contribution in [0.1, 0.15) is 37.0 Å². The van der Waals surface area contributed by atoms with Crippen molar-refractivity contribution in [2.45, 2.75) is 31.7 Å². The fourth-order valence-corrected chi connectivity index (χ4v) is 15.5. The van der Waals surface area contributed by atoms with Gasteiger partial charge in [0, 0.05) is 77.7 Å². The van der Waals surface area contributed by atoms with E-state index < -0.39 is 0 Å². The largest absolute Gasteiger partial charge is 0.456 e. The molecule has 0 saturated carbocycles. The Morgan fingerprint density at radius 1 is 0.413 bits per heavy atom. The number of furan rings is 1. The van der Waals surface area contributed by atoms with Crippen LogP contribution in [0.4, 0.5) is 28.6 Å². The monoisotopic (exact) mass is 1180 g/mol. The highest BCUT2D eigenvalue weighted by molar-refractivity contribution is 6.13. The van der Waals surface area contributed by atoms with Gasteiger partial charge in [0.1, 0.15) is 17.0 Å². The standard InChI is InChI=1S/C85H58N6O/c1-85(2)72-34-14-9-29-62(72)68-50-70-65-32-12-17-37-77(65)91(80(70)51-73(68)85)84-86-74(52-83(87-84)90-76-36-16-11-31-64(76)69-47-55(39-43-78(69)90)56-40-44-82-71(48-56)67-33-13-18-38-81(67)92-82)57-23-19-21-53(45-57)54-22-20-28-60(46-54)88(58-24-5-3-6-25-58)61-41-42-66-63-30-10-15-35-75(63)89(79(66)49-61)59-26-7-4-8-27-59/h3-35,37-52,76H,36H2,1-2H3. The average molecular weight is 1180 g/mol. The highest BCUT2D eigenvalue weighted by atomic mass is 16.3. The van der Waals surface area contributed by atoms with E-state index in [2.05, 4.69) is 318 Å². The maximum Gasteiger partial charge on any atom is 0.237 e. The lowest BCUT2D eigenvalue weighted by molar-refractivity contribution is 0.661. The van der Waals surface area contributed by atoms with E-state index in [4.69, 9.17) is 14.4 Å². The van der Waals surface area contributed by atoms with E-state index in [1.165, 1.54) is 55.1 Å². The summed E-state index contributed by atoms with van der Waals surface area (Å²) in [6, 6.07) is 102. The van der Waals surface area contributed by atoms with E-state index in [9.17, 15) is 0 Å². The van der Waals surface area contributed by atoms with Gasteiger partial charge >= 0.3 is 0 Å². The summed E-state index contributed by atoms with van der Waals surface area (Å²) < 4.78 is 11.0. The number of hydrogen-bond donors (Lipinski definition) is 0. The van der Waals surface area contributed by atoms with Gasteiger partial charge in [-0.15, -0.1) is 0 Å². The fraction of sp³-hybridized carbons (Fsp3) is 0.0588. The van der Waals surface area contributed by atoms with Crippen LogP contribution in [0, 0.1) is 0 Å². The summed E-state index contributed by atoms with van der Waals surface area (Å²) in [6.45, 7) is 4.72. The first-order chi connectivity index (χ1) is 45.4. The number of aromatic nitrogens is 4. The molecule has 1 aliphatic heterocycles. The van der Waals surface area contributed by atoms with Gasteiger partial charge in [0.05, 0.1) is 39.5 Å². The third-order valence-corrected chi connectivity index (χ3v) is 19.8. The van der Waals surface area contributed by atoms with E-state index >= 15 is 0 Å². The molecule has 7 nitrogen and oxygen atoms in total. The summed E-state index contributed by atoms with van der Waals surface area (Å²) in [7, 11) is 0. The lowest BCUT2D eigenvalue weighted by Crippen LogP contribution is -2.28. The van der Waals surface area contributed by atoms with Gasteiger partial charge in [-0.3, -0.25) is 4.57 Å². The fourth-order valence-electron chi connectivity index (χ4n) is 15.5. The van der Waals surface area contributed by atoms with Crippen molar-refractivity contribution in [1.82, 2.24) is 19.1 Å². The number of allylic oxidation sites excluding steroid dienone is 2.